The van der Waals surface area contributed by atoms with Crippen molar-refractivity contribution in [2.45, 2.75) is 20.0 Å². The predicted molar refractivity (Wildman–Crippen MR) is 57.1 cm³/mol. The lowest BCUT2D eigenvalue weighted by Crippen LogP contribution is -2.24. The molecule has 1 rings (SSSR count). The van der Waals surface area contributed by atoms with E-state index in [9.17, 15) is 22.4 Å². The summed E-state index contributed by atoms with van der Waals surface area (Å²) in [4.78, 5) is 11.1. The lowest BCUT2D eigenvalue weighted by molar-refractivity contribution is -0.0887. The van der Waals surface area contributed by atoms with E-state index in [-0.39, 0.29) is 18.3 Å². The molecule has 0 spiro atoms. The van der Waals surface area contributed by atoms with Gasteiger partial charge in [0.1, 0.15) is 11.6 Å². The van der Waals surface area contributed by atoms with Crippen molar-refractivity contribution in [2.75, 3.05) is 6.61 Å². The Kier molecular flexibility index (Phi) is 4.32. The second-order valence-corrected chi connectivity index (χ2v) is 4.17. The van der Waals surface area contributed by atoms with Crippen molar-refractivity contribution in [1.29, 1.82) is 0 Å². The molecule has 0 aromatic heterocycles. The Balaban J connectivity index is 3.08. The molecule has 0 radical (unpaired) electrons. The van der Waals surface area contributed by atoms with Crippen molar-refractivity contribution in [1.82, 2.24) is 0 Å². The van der Waals surface area contributed by atoms with Crippen LogP contribution in [0.1, 0.15) is 24.2 Å². The summed E-state index contributed by atoms with van der Waals surface area (Å²) in [5, 5.41) is 0. The smallest absolute Gasteiger partial charge is 0.455 e. The Morgan fingerprint density at radius 3 is 2.44 bits per heavy atom. The van der Waals surface area contributed by atoms with Crippen LogP contribution in [0.4, 0.5) is 17.6 Å². The highest BCUT2D eigenvalue weighted by atomic mass is 19.4. The van der Waals surface area contributed by atoms with E-state index in [0.29, 0.717) is 6.07 Å². The van der Waals surface area contributed by atoms with Gasteiger partial charge in [0.25, 0.3) is 5.78 Å². The molecule has 0 heterocycles. The number of carbonyl (C=O) groups is 1. The Morgan fingerprint density at radius 1 is 1.33 bits per heavy atom. The summed E-state index contributed by atoms with van der Waals surface area (Å²) in [5.41, 5.74) is -0.803. The van der Waals surface area contributed by atoms with E-state index < -0.39 is 23.3 Å². The van der Waals surface area contributed by atoms with E-state index >= 15 is 0 Å². The fourth-order valence-corrected chi connectivity index (χ4v) is 1.21. The summed E-state index contributed by atoms with van der Waals surface area (Å²) in [6.07, 6.45) is -5.05. The first kappa shape index (κ1) is 14.5. The molecule has 0 unspecified atom stereocenters. The van der Waals surface area contributed by atoms with Crippen LogP contribution in [-0.2, 0) is 0 Å². The van der Waals surface area contributed by atoms with Crippen LogP contribution in [0.2, 0.25) is 0 Å². The highest BCUT2D eigenvalue weighted by Crippen LogP contribution is 2.28. The van der Waals surface area contributed by atoms with Crippen LogP contribution in [0.5, 0.6) is 5.75 Å². The van der Waals surface area contributed by atoms with E-state index in [2.05, 4.69) is 0 Å². The van der Waals surface area contributed by atoms with Gasteiger partial charge in [-0.05, 0) is 24.1 Å². The van der Waals surface area contributed by atoms with Crippen LogP contribution in [0.3, 0.4) is 0 Å². The number of hydrogen-bond acceptors (Lipinski definition) is 2. The molecule has 0 aliphatic heterocycles. The third-order valence-corrected chi connectivity index (χ3v) is 2.02. The minimum atomic E-state index is -5.05. The van der Waals surface area contributed by atoms with Crippen LogP contribution in [0, 0.1) is 11.7 Å². The first-order chi connectivity index (χ1) is 8.21. The topological polar surface area (TPSA) is 26.3 Å². The monoisotopic (exact) mass is 264 g/mol. The minimum absolute atomic E-state index is 0.0730. The third kappa shape index (κ3) is 3.72. The van der Waals surface area contributed by atoms with Crippen LogP contribution < -0.4 is 4.74 Å². The molecule has 0 N–H and O–H groups in total. The second-order valence-electron chi connectivity index (χ2n) is 4.17. The van der Waals surface area contributed by atoms with Gasteiger partial charge in [0, 0.05) is 0 Å². The number of ketones is 1. The summed E-state index contributed by atoms with van der Waals surface area (Å²) >= 11 is 0. The zero-order chi connectivity index (χ0) is 13.9. The van der Waals surface area contributed by atoms with E-state index in [1.807, 2.05) is 0 Å². The van der Waals surface area contributed by atoms with Gasteiger partial charge < -0.3 is 4.74 Å². The number of ether oxygens (including phenoxy) is 1. The lowest BCUT2D eigenvalue weighted by Gasteiger charge is -2.13. The van der Waals surface area contributed by atoms with Crippen molar-refractivity contribution >= 4 is 5.78 Å². The fourth-order valence-electron chi connectivity index (χ4n) is 1.21. The molecule has 0 bridgehead atoms. The minimum Gasteiger partial charge on any atom is -0.493 e. The van der Waals surface area contributed by atoms with Crippen LogP contribution in [-0.4, -0.2) is 18.6 Å². The maximum atomic E-state index is 12.9. The van der Waals surface area contributed by atoms with Gasteiger partial charge in [-0.15, -0.1) is 0 Å². The zero-order valence-electron chi connectivity index (χ0n) is 9.84. The molecule has 0 saturated heterocycles. The molecule has 0 aliphatic rings. The Hall–Kier alpha value is -1.59. The molecule has 0 fully saturated rings. The van der Waals surface area contributed by atoms with Gasteiger partial charge >= 0.3 is 6.18 Å². The highest BCUT2D eigenvalue weighted by Gasteiger charge is 2.41. The second kappa shape index (κ2) is 5.37. The Labute approximate surface area is 102 Å². The number of rotatable bonds is 4. The molecule has 1 aromatic rings. The summed E-state index contributed by atoms with van der Waals surface area (Å²) < 4.78 is 55.0. The average Bonchev–Trinajstić information content (AvgIpc) is 2.24. The number of hydrogen-bond donors (Lipinski definition) is 0. The standard InChI is InChI=1S/C12H12F4O2/c1-7(2)6-18-10-4-3-8(13)5-9(10)11(17)12(14,15)16/h3-5,7H,6H2,1-2H3. The Morgan fingerprint density at radius 2 is 1.94 bits per heavy atom. The normalized spacial score (nSPS) is 11.7. The molecule has 0 saturated carbocycles. The quantitative estimate of drug-likeness (QED) is 0.613. The van der Waals surface area contributed by atoms with E-state index in [4.69, 9.17) is 4.74 Å². The van der Waals surface area contributed by atoms with Crippen LogP contribution in [0.15, 0.2) is 18.2 Å². The molecular weight excluding hydrogens is 252 g/mol. The SMILES string of the molecule is CC(C)COc1ccc(F)cc1C(=O)C(F)(F)F. The third-order valence-electron chi connectivity index (χ3n) is 2.02. The van der Waals surface area contributed by atoms with Gasteiger partial charge in [-0.1, -0.05) is 13.8 Å². The van der Waals surface area contributed by atoms with E-state index in [0.717, 1.165) is 12.1 Å². The van der Waals surface area contributed by atoms with Crippen molar-refractivity contribution in [3.8, 4) is 5.75 Å². The lowest BCUT2D eigenvalue weighted by atomic mass is 10.1. The van der Waals surface area contributed by atoms with Gasteiger partial charge in [0.2, 0.25) is 0 Å². The molecule has 0 aliphatic carbocycles. The molecule has 2 nitrogen and oxygen atoms in total. The molecular formula is C12H12F4O2. The predicted octanol–water partition coefficient (Wildman–Crippen LogP) is 3.61. The molecule has 100 valence electrons. The number of Topliss-reactive ketones (excluding diaryl/α,β-unsaturated/α-hetero) is 1. The highest BCUT2D eigenvalue weighted by molar-refractivity contribution is 6.02. The number of alkyl halides is 3. The maximum Gasteiger partial charge on any atom is 0.455 e. The fraction of sp³-hybridized carbons (Fsp3) is 0.417. The summed E-state index contributed by atoms with van der Waals surface area (Å²) in [6, 6.07) is 2.50. The van der Waals surface area contributed by atoms with E-state index in [1.54, 1.807) is 13.8 Å². The van der Waals surface area contributed by atoms with Crippen molar-refractivity contribution < 1.29 is 27.1 Å². The first-order valence-corrected chi connectivity index (χ1v) is 5.25. The largest absolute Gasteiger partial charge is 0.493 e. The number of carbonyl (C=O) groups excluding carboxylic acids is 1. The summed E-state index contributed by atoms with van der Waals surface area (Å²) in [5.74, 6) is -3.21. The van der Waals surface area contributed by atoms with Gasteiger partial charge in [-0.25, -0.2) is 4.39 Å². The van der Waals surface area contributed by atoms with Crippen molar-refractivity contribution in [3.63, 3.8) is 0 Å². The van der Waals surface area contributed by atoms with Crippen LogP contribution in [0.25, 0.3) is 0 Å². The van der Waals surface area contributed by atoms with Gasteiger partial charge in [0.15, 0.2) is 0 Å². The zero-order valence-corrected chi connectivity index (χ0v) is 9.84. The summed E-state index contributed by atoms with van der Waals surface area (Å²) in [6.45, 7) is 3.74. The number of halogens is 4. The van der Waals surface area contributed by atoms with Gasteiger partial charge in [0.05, 0.1) is 12.2 Å². The van der Waals surface area contributed by atoms with Crippen LogP contribution >= 0.6 is 0 Å². The first-order valence-electron chi connectivity index (χ1n) is 5.25. The average molecular weight is 264 g/mol. The molecule has 1 aromatic carbocycles. The molecule has 0 amide bonds. The number of benzene rings is 1. The Bertz CT molecular complexity index is 438. The molecule has 0 atom stereocenters. The van der Waals surface area contributed by atoms with E-state index in [1.165, 1.54) is 0 Å². The van der Waals surface area contributed by atoms with Crippen molar-refractivity contribution in [2.24, 2.45) is 5.92 Å². The molecule has 18 heavy (non-hydrogen) atoms. The summed E-state index contributed by atoms with van der Waals surface area (Å²) in [7, 11) is 0. The molecule has 6 heteroatoms. The van der Waals surface area contributed by atoms with Crippen molar-refractivity contribution in [3.05, 3.63) is 29.6 Å². The maximum absolute atomic E-state index is 12.9. The van der Waals surface area contributed by atoms with Gasteiger partial charge in [-0.3, -0.25) is 4.79 Å². The van der Waals surface area contributed by atoms with Gasteiger partial charge in [-0.2, -0.15) is 13.2 Å².